The van der Waals surface area contributed by atoms with Crippen LogP contribution in [0.4, 0.5) is 16.2 Å². The van der Waals surface area contributed by atoms with Crippen molar-refractivity contribution < 1.29 is 9.50 Å². The Kier molecular flexibility index (Phi) is 6.03. The highest BCUT2D eigenvalue weighted by Crippen LogP contribution is 2.33. The second-order valence-corrected chi connectivity index (χ2v) is 8.68. The Morgan fingerprint density at radius 2 is 1.86 bits per heavy atom. The van der Waals surface area contributed by atoms with Crippen LogP contribution in [0.5, 0.6) is 5.75 Å². The number of rotatable bonds is 5. The summed E-state index contributed by atoms with van der Waals surface area (Å²) < 4.78 is 15.3. The van der Waals surface area contributed by atoms with Crippen molar-refractivity contribution >= 4 is 34.1 Å². The van der Waals surface area contributed by atoms with Gasteiger partial charge in [-0.25, -0.2) is 9.37 Å². The van der Waals surface area contributed by atoms with Gasteiger partial charge in [0.15, 0.2) is 11.6 Å². The average Bonchev–Trinajstić information content (AvgIpc) is 2.86. The minimum absolute atomic E-state index is 0.0329. The monoisotopic (exact) mass is 501 g/mol. The Hall–Kier alpha value is -4.43. The second kappa shape index (κ2) is 9.31. The van der Waals surface area contributed by atoms with Gasteiger partial charge in [-0.3, -0.25) is 9.36 Å². The highest BCUT2D eigenvalue weighted by Gasteiger charge is 2.20. The summed E-state index contributed by atoms with van der Waals surface area (Å²) in [6.07, 6.45) is 1.49. The number of pyridine rings is 1. The zero-order valence-electron chi connectivity index (χ0n) is 19.1. The molecule has 3 aromatic carbocycles. The zero-order chi connectivity index (χ0) is 25.4. The number of nitrogens with one attached hydrogen (secondary N) is 1. The molecule has 0 spiro atoms. The summed E-state index contributed by atoms with van der Waals surface area (Å²) in [5.74, 6) is -0.836. The molecule has 7 nitrogen and oxygen atoms in total. The summed E-state index contributed by atoms with van der Waals surface area (Å²) in [5, 5.41) is 14.7. The molecule has 5 rings (SSSR count). The van der Waals surface area contributed by atoms with Crippen LogP contribution >= 0.6 is 11.6 Å². The van der Waals surface area contributed by atoms with Gasteiger partial charge in [0.05, 0.1) is 16.5 Å². The molecule has 0 saturated heterocycles. The minimum atomic E-state index is -0.736. The lowest BCUT2D eigenvalue weighted by atomic mass is 10.1. The van der Waals surface area contributed by atoms with Gasteiger partial charge in [0.1, 0.15) is 5.82 Å². The molecule has 2 aromatic heterocycles. The molecule has 0 saturated carbocycles. The van der Waals surface area contributed by atoms with Gasteiger partial charge < -0.3 is 16.2 Å². The molecule has 0 aliphatic heterocycles. The number of aromatic hydroxyl groups is 1. The molecule has 9 heteroatoms. The first-order chi connectivity index (χ1) is 17.3. The number of benzene rings is 3. The first-order valence-corrected chi connectivity index (χ1v) is 11.5. The van der Waals surface area contributed by atoms with Gasteiger partial charge in [0.25, 0.3) is 5.56 Å². The third-order valence-corrected chi connectivity index (χ3v) is 6.22. The van der Waals surface area contributed by atoms with Gasteiger partial charge in [0.2, 0.25) is 5.95 Å². The van der Waals surface area contributed by atoms with Crippen LogP contribution in [-0.2, 0) is 0 Å². The fraction of sp³-hybridized carbons (Fsp3) is 0.0741. The number of fused-ring (bicyclic) bond motifs is 1. The summed E-state index contributed by atoms with van der Waals surface area (Å²) in [6, 6.07) is 20.0. The Balaban J connectivity index is 1.66. The Morgan fingerprint density at radius 1 is 1.08 bits per heavy atom. The van der Waals surface area contributed by atoms with E-state index in [0.29, 0.717) is 44.1 Å². The fourth-order valence-corrected chi connectivity index (χ4v) is 4.44. The number of nitrogens with two attached hydrogens (primary N) is 1. The van der Waals surface area contributed by atoms with Crippen LogP contribution in [0, 0.1) is 5.82 Å². The lowest BCUT2D eigenvalue weighted by Crippen LogP contribution is -2.26. The van der Waals surface area contributed by atoms with E-state index in [9.17, 15) is 14.3 Å². The highest BCUT2D eigenvalue weighted by atomic mass is 35.5. The van der Waals surface area contributed by atoms with E-state index in [2.05, 4.69) is 15.3 Å². The molecule has 0 bridgehead atoms. The van der Waals surface area contributed by atoms with Crippen molar-refractivity contribution in [1.29, 1.82) is 0 Å². The summed E-state index contributed by atoms with van der Waals surface area (Å²) in [4.78, 5) is 22.1. The predicted molar refractivity (Wildman–Crippen MR) is 140 cm³/mol. The van der Waals surface area contributed by atoms with Gasteiger partial charge in [-0.2, -0.15) is 4.98 Å². The SMILES string of the molecule is CC(Nc1nc(N)ncc1-c1ccc(F)c(O)c1)c1cc2cccc(Cl)c2c(=O)n1-c1ccccc1. The van der Waals surface area contributed by atoms with E-state index in [-0.39, 0.29) is 11.5 Å². The number of anilines is 2. The molecule has 0 aliphatic rings. The maximum atomic E-state index is 13.7. The maximum absolute atomic E-state index is 13.7. The standard InChI is InChI=1S/C27H21ClFN5O2/c1-15(32-25-19(14-31-27(30)33-25)16-10-11-21(29)23(35)13-16)22-12-17-6-5-9-20(28)24(17)26(36)34(22)18-7-3-2-4-8-18/h2-15,35H,1H3,(H3,30,31,32,33). The number of aromatic nitrogens is 3. The summed E-state index contributed by atoms with van der Waals surface area (Å²) in [7, 11) is 0. The van der Waals surface area contributed by atoms with Crippen molar-refractivity contribution in [3.05, 3.63) is 106 Å². The predicted octanol–water partition coefficient (Wildman–Crippen LogP) is 5.70. The number of hydrogen-bond acceptors (Lipinski definition) is 6. The summed E-state index contributed by atoms with van der Waals surface area (Å²) >= 11 is 6.41. The largest absolute Gasteiger partial charge is 0.505 e. The lowest BCUT2D eigenvalue weighted by molar-refractivity contribution is 0.433. The average molecular weight is 502 g/mol. The third-order valence-electron chi connectivity index (χ3n) is 5.90. The van der Waals surface area contributed by atoms with Gasteiger partial charge in [-0.15, -0.1) is 0 Å². The van der Waals surface area contributed by atoms with Crippen molar-refractivity contribution in [2.75, 3.05) is 11.1 Å². The highest BCUT2D eigenvalue weighted by molar-refractivity contribution is 6.35. The van der Waals surface area contributed by atoms with Crippen LogP contribution in [0.3, 0.4) is 0 Å². The van der Waals surface area contributed by atoms with Crippen LogP contribution in [0.1, 0.15) is 18.7 Å². The number of phenolic OH excluding ortho intramolecular Hbond substituents is 1. The first kappa shape index (κ1) is 23.3. The minimum Gasteiger partial charge on any atom is -0.505 e. The van der Waals surface area contributed by atoms with E-state index in [1.54, 1.807) is 16.7 Å². The molecule has 36 heavy (non-hydrogen) atoms. The molecular weight excluding hydrogens is 481 g/mol. The van der Waals surface area contributed by atoms with E-state index in [1.165, 1.54) is 18.3 Å². The van der Waals surface area contributed by atoms with Crippen molar-refractivity contribution in [2.24, 2.45) is 0 Å². The molecule has 180 valence electrons. The smallest absolute Gasteiger partial charge is 0.264 e. The molecule has 1 unspecified atom stereocenters. The molecule has 0 radical (unpaired) electrons. The quantitative estimate of drug-likeness (QED) is 0.285. The van der Waals surface area contributed by atoms with Gasteiger partial charge in [-0.05, 0) is 54.3 Å². The number of phenols is 1. The van der Waals surface area contributed by atoms with Crippen molar-refractivity contribution in [2.45, 2.75) is 13.0 Å². The molecular formula is C27H21ClFN5O2. The van der Waals surface area contributed by atoms with Crippen LogP contribution in [0.15, 0.2) is 83.8 Å². The van der Waals surface area contributed by atoms with Crippen molar-refractivity contribution in [3.8, 4) is 22.6 Å². The third kappa shape index (κ3) is 4.23. The Bertz CT molecular complexity index is 1660. The normalized spacial score (nSPS) is 12.0. The number of halogens is 2. The van der Waals surface area contributed by atoms with E-state index < -0.39 is 17.6 Å². The molecule has 2 heterocycles. The van der Waals surface area contributed by atoms with Gasteiger partial charge in [-0.1, -0.05) is 48.0 Å². The Labute approximate surface area is 210 Å². The van der Waals surface area contributed by atoms with Crippen LogP contribution in [0.2, 0.25) is 5.02 Å². The van der Waals surface area contributed by atoms with Crippen LogP contribution < -0.4 is 16.6 Å². The number of nitrogen functional groups attached to an aromatic ring is 1. The lowest BCUT2D eigenvalue weighted by Gasteiger charge is -2.22. The number of hydrogen-bond donors (Lipinski definition) is 3. The van der Waals surface area contributed by atoms with E-state index in [0.717, 1.165) is 6.07 Å². The van der Waals surface area contributed by atoms with E-state index in [4.69, 9.17) is 17.3 Å². The van der Waals surface area contributed by atoms with Crippen LogP contribution in [0.25, 0.3) is 27.6 Å². The molecule has 0 fully saturated rings. The van der Waals surface area contributed by atoms with Crippen molar-refractivity contribution in [3.63, 3.8) is 0 Å². The molecule has 4 N–H and O–H groups in total. The molecule has 0 aliphatic carbocycles. The zero-order valence-corrected chi connectivity index (χ0v) is 19.9. The van der Waals surface area contributed by atoms with E-state index in [1.807, 2.05) is 49.4 Å². The van der Waals surface area contributed by atoms with Gasteiger partial charge >= 0.3 is 0 Å². The molecule has 1 atom stereocenters. The number of nitrogens with zero attached hydrogens (tertiary/aromatic N) is 3. The maximum Gasteiger partial charge on any atom is 0.264 e. The first-order valence-electron chi connectivity index (χ1n) is 11.1. The summed E-state index contributed by atoms with van der Waals surface area (Å²) in [5.41, 5.74) is 7.95. The second-order valence-electron chi connectivity index (χ2n) is 8.27. The number of para-hydroxylation sites is 1. The van der Waals surface area contributed by atoms with E-state index >= 15 is 0 Å². The molecule has 5 aromatic rings. The molecule has 0 amide bonds. The summed E-state index contributed by atoms with van der Waals surface area (Å²) in [6.45, 7) is 1.88. The van der Waals surface area contributed by atoms with Crippen molar-refractivity contribution in [1.82, 2.24) is 14.5 Å². The topological polar surface area (TPSA) is 106 Å². The Morgan fingerprint density at radius 3 is 2.61 bits per heavy atom. The fourth-order valence-electron chi connectivity index (χ4n) is 4.18. The van der Waals surface area contributed by atoms with Gasteiger partial charge in [0, 0.05) is 23.1 Å². The van der Waals surface area contributed by atoms with Crippen LogP contribution in [-0.4, -0.2) is 19.6 Å².